The van der Waals surface area contributed by atoms with E-state index in [1.807, 2.05) is 0 Å². The van der Waals surface area contributed by atoms with Crippen molar-refractivity contribution in [3.05, 3.63) is 47.9 Å². The lowest BCUT2D eigenvalue weighted by Gasteiger charge is -2.29. The zero-order valence-corrected chi connectivity index (χ0v) is 28.1. The van der Waals surface area contributed by atoms with Crippen LogP contribution < -0.4 is 19.5 Å². The molecule has 2 fully saturated rings. The van der Waals surface area contributed by atoms with Crippen LogP contribution in [-0.2, 0) is 33.4 Å². The van der Waals surface area contributed by atoms with Crippen LogP contribution in [0.5, 0.6) is 5.75 Å². The van der Waals surface area contributed by atoms with Gasteiger partial charge in [0.25, 0.3) is 0 Å². The molecule has 4 N–H and O–H groups in total. The summed E-state index contributed by atoms with van der Waals surface area (Å²) in [6.07, 6.45) is 1.39. The molecule has 252 valence electrons. The van der Waals surface area contributed by atoms with Gasteiger partial charge in [-0.2, -0.15) is 5.09 Å². The first kappa shape index (κ1) is 34.5. The van der Waals surface area contributed by atoms with Gasteiger partial charge in [-0.3, -0.25) is 14.3 Å². The lowest BCUT2D eigenvalue weighted by molar-refractivity contribution is -0.146. The van der Waals surface area contributed by atoms with Crippen LogP contribution in [0.15, 0.2) is 42.9 Å². The maximum Gasteiger partial charge on any atom is 0.459 e. The number of nitrogens with one attached hydrogen (secondary N) is 2. The molecule has 1 saturated heterocycles. The fourth-order valence-corrected chi connectivity index (χ4v) is 7.45. The Hall–Kier alpha value is -2.86. The van der Waals surface area contributed by atoms with E-state index >= 15 is 0 Å². The molecule has 5 rings (SSSR count). The molecule has 3 unspecified atom stereocenters. The van der Waals surface area contributed by atoms with Crippen LogP contribution in [0.4, 0.5) is 5.82 Å². The van der Waals surface area contributed by atoms with Crippen LogP contribution in [0.3, 0.4) is 0 Å². The molecule has 2 aliphatic rings. The van der Waals surface area contributed by atoms with Crippen molar-refractivity contribution in [3.8, 4) is 5.75 Å². The van der Waals surface area contributed by atoms with Crippen LogP contribution in [0.2, 0.25) is 5.02 Å². The van der Waals surface area contributed by atoms with Crippen molar-refractivity contribution < 1.29 is 46.5 Å². The SMILES string of the molecule is COC(=O)C(C)(C)NP(=O)(OCC1OC(n2ccc3c(N(NS(C)(=O)=O)C4CC4)ncnc32)[C@](C)(O)[C@@H]1O)Oc1ccc(Cl)cc1. The molecule has 19 heteroatoms. The molecule has 1 saturated carbocycles. The summed E-state index contributed by atoms with van der Waals surface area (Å²) in [5, 5.41) is 27.5. The minimum absolute atomic E-state index is 0.0890. The molecule has 1 aliphatic heterocycles. The number of halogens is 1. The molecule has 0 radical (unpaired) electrons. The smallest absolute Gasteiger partial charge is 0.459 e. The molecule has 16 nitrogen and oxygen atoms in total. The first-order valence-electron chi connectivity index (χ1n) is 14.2. The molecule has 46 heavy (non-hydrogen) atoms. The van der Waals surface area contributed by atoms with Crippen molar-refractivity contribution >= 4 is 52.2 Å². The maximum atomic E-state index is 14.0. The Morgan fingerprint density at radius 3 is 2.54 bits per heavy atom. The second kappa shape index (κ2) is 12.6. The normalized spacial score (nSPS) is 24.9. The highest BCUT2D eigenvalue weighted by Crippen LogP contribution is 2.48. The van der Waals surface area contributed by atoms with E-state index in [-0.39, 0.29) is 11.8 Å². The van der Waals surface area contributed by atoms with Crippen LogP contribution in [0.25, 0.3) is 11.0 Å². The third kappa shape index (κ3) is 7.32. The van der Waals surface area contributed by atoms with Crippen molar-refractivity contribution in [2.24, 2.45) is 0 Å². The van der Waals surface area contributed by atoms with E-state index in [0.717, 1.165) is 19.1 Å². The first-order valence-corrected chi connectivity index (χ1v) is 18.0. The molecule has 0 amide bonds. The summed E-state index contributed by atoms with van der Waals surface area (Å²) in [6.45, 7) is 3.66. The Balaban J connectivity index is 1.40. The summed E-state index contributed by atoms with van der Waals surface area (Å²) < 4.78 is 61.9. The summed E-state index contributed by atoms with van der Waals surface area (Å²) in [5.41, 5.74) is -3.14. The topological polar surface area (TPSA) is 204 Å². The van der Waals surface area contributed by atoms with E-state index < -0.39 is 59.9 Å². The lowest BCUT2D eigenvalue weighted by Crippen LogP contribution is -2.47. The number of fused-ring (bicyclic) bond motifs is 1. The van der Waals surface area contributed by atoms with Gasteiger partial charge in [0.05, 0.1) is 25.4 Å². The van der Waals surface area contributed by atoms with E-state index in [9.17, 15) is 28.0 Å². The van der Waals surface area contributed by atoms with Gasteiger partial charge in [-0.05, 0) is 63.9 Å². The van der Waals surface area contributed by atoms with Crippen molar-refractivity contribution in [1.29, 1.82) is 0 Å². The van der Waals surface area contributed by atoms with Gasteiger partial charge in [0.2, 0.25) is 10.0 Å². The number of carbonyl (C=O) groups is 1. The summed E-state index contributed by atoms with van der Waals surface area (Å²) in [5.74, 6) is -0.322. The molecular formula is C27H36ClN6O10PS. The zero-order chi connectivity index (χ0) is 33.7. The summed E-state index contributed by atoms with van der Waals surface area (Å²) in [4.78, 5) is 23.5. The standard InChI is InChI=1S/C27H36ClN6O10PS/c1-26(2,25(36)41-4)31-45(38,44-18-10-6-16(28)7-11-18)42-14-20-21(35)27(3,37)24(43-20)33-13-12-19-22(33)29-15-30-23(19)34(17-8-9-17)32-46(5,39)40/h6-7,10-13,15,17,20-21,24,32,35,37H,8-9,14H2,1-5H3,(H,31,38)/t20?,21-,24?,27-,45?/m1/s1. The molecule has 5 atom stereocenters. The largest absolute Gasteiger partial charge is 0.468 e. The van der Waals surface area contributed by atoms with Gasteiger partial charge in [0.15, 0.2) is 12.0 Å². The third-order valence-electron chi connectivity index (χ3n) is 7.46. The predicted octanol–water partition coefficient (Wildman–Crippen LogP) is 2.27. The number of methoxy groups -OCH3 is 1. The number of benzene rings is 1. The van der Waals surface area contributed by atoms with Gasteiger partial charge in [-0.15, -0.1) is 4.83 Å². The fraction of sp³-hybridized carbons (Fsp3) is 0.519. The molecule has 3 aromatic rings. The second-order valence-corrected chi connectivity index (χ2v) is 15.7. The van der Waals surface area contributed by atoms with E-state index in [4.69, 9.17) is 30.1 Å². The van der Waals surface area contributed by atoms with Gasteiger partial charge in [-0.1, -0.05) is 11.6 Å². The first-order chi connectivity index (χ1) is 21.4. The number of sulfonamides is 1. The molecule has 3 heterocycles. The number of rotatable bonds is 13. The number of hydrogen-bond acceptors (Lipinski definition) is 13. The molecule has 1 aliphatic carbocycles. The monoisotopic (exact) mass is 702 g/mol. The van der Waals surface area contributed by atoms with E-state index in [2.05, 4.69) is 19.9 Å². The van der Waals surface area contributed by atoms with E-state index in [1.54, 1.807) is 12.3 Å². The number of aliphatic hydroxyl groups is 2. The van der Waals surface area contributed by atoms with Gasteiger partial charge in [-0.25, -0.2) is 23.0 Å². The molecule has 0 bridgehead atoms. The van der Waals surface area contributed by atoms with Gasteiger partial charge < -0.3 is 28.8 Å². The summed E-state index contributed by atoms with van der Waals surface area (Å²) >= 11 is 5.96. The number of hydrazine groups is 1. The number of ether oxygens (including phenoxy) is 2. The minimum Gasteiger partial charge on any atom is -0.468 e. The number of nitrogens with zero attached hydrogens (tertiary/aromatic N) is 4. The highest BCUT2D eigenvalue weighted by atomic mass is 35.5. The van der Waals surface area contributed by atoms with Crippen LogP contribution in [0, 0.1) is 0 Å². The van der Waals surface area contributed by atoms with Gasteiger partial charge >= 0.3 is 13.7 Å². The average Bonchev–Trinajstić information content (AvgIpc) is 3.69. The van der Waals surface area contributed by atoms with E-state index in [0.29, 0.717) is 21.9 Å². The lowest BCUT2D eigenvalue weighted by atomic mass is 9.96. The Morgan fingerprint density at radius 2 is 1.93 bits per heavy atom. The highest BCUT2D eigenvalue weighted by molar-refractivity contribution is 7.88. The number of aliphatic hydroxyl groups excluding tert-OH is 1. The van der Waals surface area contributed by atoms with Crippen LogP contribution in [-0.4, -0.2) is 88.5 Å². The molecular weight excluding hydrogens is 667 g/mol. The van der Waals surface area contributed by atoms with Crippen molar-refractivity contribution in [1.82, 2.24) is 24.5 Å². The Morgan fingerprint density at radius 1 is 1.26 bits per heavy atom. The minimum atomic E-state index is -4.38. The highest BCUT2D eigenvalue weighted by Gasteiger charge is 2.54. The quantitative estimate of drug-likeness (QED) is 0.115. The molecule has 2 aromatic heterocycles. The summed E-state index contributed by atoms with van der Waals surface area (Å²) in [6, 6.07) is 7.48. The van der Waals surface area contributed by atoms with Crippen molar-refractivity contribution in [2.75, 3.05) is 25.0 Å². The number of esters is 1. The average molecular weight is 703 g/mol. The number of carbonyl (C=O) groups excluding carboxylic acids is 1. The van der Waals surface area contributed by atoms with Crippen LogP contribution >= 0.6 is 19.3 Å². The Labute approximate surface area is 270 Å². The van der Waals surface area contributed by atoms with Gasteiger partial charge in [0, 0.05) is 17.3 Å². The van der Waals surface area contributed by atoms with Crippen molar-refractivity contribution in [3.63, 3.8) is 0 Å². The number of anilines is 1. The zero-order valence-electron chi connectivity index (χ0n) is 25.7. The third-order valence-corrected chi connectivity index (χ3v) is 10.0. The van der Waals surface area contributed by atoms with Crippen molar-refractivity contribution in [2.45, 2.75) is 69.2 Å². The number of hydrogen-bond donors (Lipinski definition) is 4. The Kier molecular flexibility index (Phi) is 9.47. The molecule has 1 aromatic carbocycles. The van der Waals surface area contributed by atoms with Crippen LogP contribution in [0.1, 0.15) is 39.8 Å². The van der Waals surface area contributed by atoms with E-state index in [1.165, 1.54) is 68.0 Å². The predicted molar refractivity (Wildman–Crippen MR) is 166 cm³/mol. The number of aromatic nitrogens is 3. The fourth-order valence-electron chi connectivity index (χ4n) is 5.05. The molecule has 0 spiro atoms. The second-order valence-electron chi connectivity index (χ2n) is 11.9. The Bertz CT molecular complexity index is 1750. The van der Waals surface area contributed by atoms with Gasteiger partial charge in [0.1, 0.15) is 41.1 Å². The summed E-state index contributed by atoms with van der Waals surface area (Å²) in [7, 11) is -6.82. The maximum absolute atomic E-state index is 14.0.